The summed E-state index contributed by atoms with van der Waals surface area (Å²) in [6, 6.07) is 16.0. The van der Waals surface area contributed by atoms with E-state index >= 15 is 0 Å². The van der Waals surface area contributed by atoms with Crippen molar-refractivity contribution >= 4 is 38.2 Å². The lowest BCUT2D eigenvalue weighted by molar-refractivity contribution is -0.127. The number of nitrogens with one attached hydrogen (secondary N) is 2. The van der Waals surface area contributed by atoms with Gasteiger partial charge in [-0.25, -0.2) is 13.4 Å². The number of anilines is 2. The number of rotatable bonds is 7. The van der Waals surface area contributed by atoms with Gasteiger partial charge in [0.15, 0.2) is 0 Å². The minimum atomic E-state index is -4.38. The van der Waals surface area contributed by atoms with Crippen LogP contribution in [0.5, 0.6) is 0 Å². The molecule has 2 heterocycles. The normalized spacial score (nSPS) is 17.4. The van der Waals surface area contributed by atoms with E-state index in [0.29, 0.717) is 22.9 Å². The standard InChI is InChI=1S/C26H21F3N4O3S/c27-26(28,29)13-18-15-30-14-17-4-7-19(11-21(17)18)32-25(34)23-12-22(23)16-5-8-20(9-6-16)37(35,36)33-24-3-1-2-10-31-24/h1-11,14-15,22-23H,12-13H2,(H,31,33)(H,32,34)/t22?,23-/m1/s1. The van der Waals surface area contributed by atoms with Crippen molar-refractivity contribution in [1.82, 2.24) is 9.97 Å². The van der Waals surface area contributed by atoms with E-state index in [4.69, 9.17) is 0 Å². The first kappa shape index (κ1) is 24.7. The van der Waals surface area contributed by atoms with Gasteiger partial charge in [-0.3, -0.25) is 14.5 Å². The third kappa shape index (κ3) is 5.72. The van der Waals surface area contributed by atoms with Gasteiger partial charge in [0.05, 0.1) is 11.3 Å². The highest BCUT2D eigenvalue weighted by Gasteiger charge is 2.44. The number of sulfonamides is 1. The molecule has 1 aliphatic rings. The maximum absolute atomic E-state index is 12.9. The number of fused-ring (bicyclic) bond motifs is 1. The van der Waals surface area contributed by atoms with Crippen LogP contribution in [0.15, 0.2) is 84.1 Å². The summed E-state index contributed by atoms with van der Waals surface area (Å²) in [5.41, 5.74) is 1.27. The molecule has 0 aliphatic heterocycles. The molecule has 37 heavy (non-hydrogen) atoms. The molecular formula is C26H21F3N4O3S. The fourth-order valence-electron chi connectivity index (χ4n) is 4.26. The largest absolute Gasteiger partial charge is 0.393 e. The van der Waals surface area contributed by atoms with Gasteiger partial charge in [0.1, 0.15) is 5.82 Å². The average Bonchev–Trinajstić information content (AvgIpc) is 3.65. The number of hydrogen-bond donors (Lipinski definition) is 2. The maximum Gasteiger partial charge on any atom is 0.393 e. The van der Waals surface area contributed by atoms with Gasteiger partial charge in [-0.15, -0.1) is 0 Å². The zero-order valence-corrected chi connectivity index (χ0v) is 20.1. The summed E-state index contributed by atoms with van der Waals surface area (Å²) >= 11 is 0. The van der Waals surface area contributed by atoms with E-state index in [1.165, 1.54) is 36.8 Å². The highest BCUT2D eigenvalue weighted by molar-refractivity contribution is 7.92. The fourth-order valence-corrected chi connectivity index (χ4v) is 5.27. The van der Waals surface area contributed by atoms with Gasteiger partial charge in [-0.2, -0.15) is 13.2 Å². The number of halogens is 3. The Balaban J connectivity index is 1.25. The highest BCUT2D eigenvalue weighted by atomic mass is 32.2. The predicted octanol–water partition coefficient (Wildman–Crippen LogP) is 5.28. The van der Waals surface area contributed by atoms with E-state index in [2.05, 4.69) is 20.0 Å². The van der Waals surface area contributed by atoms with Crippen molar-refractivity contribution in [3.05, 3.63) is 90.4 Å². The van der Waals surface area contributed by atoms with Crippen LogP contribution in [-0.4, -0.2) is 30.5 Å². The van der Waals surface area contributed by atoms with E-state index in [1.54, 1.807) is 42.5 Å². The van der Waals surface area contributed by atoms with Gasteiger partial charge >= 0.3 is 6.18 Å². The summed E-state index contributed by atoms with van der Waals surface area (Å²) in [4.78, 5) is 20.7. The molecule has 190 valence electrons. The molecule has 0 spiro atoms. The molecule has 5 rings (SSSR count). The van der Waals surface area contributed by atoms with Crippen molar-refractivity contribution in [3.63, 3.8) is 0 Å². The Labute approximate surface area is 210 Å². The first-order chi connectivity index (χ1) is 17.6. The van der Waals surface area contributed by atoms with Gasteiger partial charge in [0.25, 0.3) is 10.0 Å². The Hall–Kier alpha value is -3.99. The molecule has 0 radical (unpaired) electrons. The quantitative estimate of drug-likeness (QED) is 0.341. The number of amides is 1. The molecule has 2 atom stereocenters. The molecule has 11 heteroatoms. The van der Waals surface area contributed by atoms with E-state index in [0.717, 1.165) is 5.56 Å². The molecule has 2 N–H and O–H groups in total. The highest BCUT2D eigenvalue weighted by Crippen LogP contribution is 2.48. The van der Waals surface area contributed by atoms with Crippen LogP contribution < -0.4 is 10.0 Å². The molecule has 1 aliphatic carbocycles. The van der Waals surface area contributed by atoms with Crippen molar-refractivity contribution in [3.8, 4) is 0 Å². The van der Waals surface area contributed by atoms with Crippen molar-refractivity contribution in [2.24, 2.45) is 5.92 Å². The minimum Gasteiger partial charge on any atom is -0.326 e. The number of alkyl halides is 3. The number of pyridine rings is 2. The number of carbonyl (C=O) groups is 1. The van der Waals surface area contributed by atoms with E-state index in [-0.39, 0.29) is 34.0 Å². The summed E-state index contributed by atoms with van der Waals surface area (Å²) < 4.78 is 66.4. The van der Waals surface area contributed by atoms with Gasteiger partial charge in [0, 0.05) is 35.6 Å². The van der Waals surface area contributed by atoms with Crippen molar-refractivity contribution < 1.29 is 26.4 Å². The SMILES string of the molecule is O=C(Nc1ccc2cncc(CC(F)(F)F)c2c1)[C@@H]1CC1c1ccc(S(=O)(=O)Nc2ccccn2)cc1. The second-order valence-corrected chi connectivity index (χ2v) is 10.5. The van der Waals surface area contributed by atoms with E-state index in [1.807, 2.05) is 0 Å². The van der Waals surface area contributed by atoms with Crippen LogP contribution in [0.2, 0.25) is 0 Å². The topological polar surface area (TPSA) is 101 Å². The van der Waals surface area contributed by atoms with E-state index < -0.39 is 22.6 Å². The van der Waals surface area contributed by atoms with Crippen LogP contribution in [0.4, 0.5) is 24.7 Å². The van der Waals surface area contributed by atoms with Crippen LogP contribution in [0.1, 0.15) is 23.5 Å². The number of hydrogen-bond acceptors (Lipinski definition) is 5. The van der Waals surface area contributed by atoms with Crippen LogP contribution in [0, 0.1) is 5.92 Å². The molecule has 0 bridgehead atoms. The zero-order valence-electron chi connectivity index (χ0n) is 19.2. The first-order valence-corrected chi connectivity index (χ1v) is 12.9. The number of aromatic nitrogens is 2. The summed E-state index contributed by atoms with van der Waals surface area (Å²) in [5, 5.41) is 3.73. The molecular weight excluding hydrogens is 505 g/mol. The van der Waals surface area contributed by atoms with Crippen molar-refractivity contribution in [1.29, 1.82) is 0 Å². The molecule has 1 fully saturated rings. The Morgan fingerprint density at radius 3 is 2.51 bits per heavy atom. The average molecular weight is 527 g/mol. The Morgan fingerprint density at radius 1 is 1.03 bits per heavy atom. The third-order valence-corrected chi connectivity index (χ3v) is 7.52. The maximum atomic E-state index is 12.9. The third-order valence-electron chi connectivity index (χ3n) is 6.15. The monoisotopic (exact) mass is 526 g/mol. The van der Waals surface area contributed by atoms with Crippen LogP contribution in [-0.2, 0) is 21.2 Å². The lowest BCUT2D eigenvalue weighted by Crippen LogP contribution is -2.15. The molecule has 1 saturated carbocycles. The van der Waals surface area contributed by atoms with E-state index in [9.17, 15) is 26.4 Å². The second kappa shape index (κ2) is 9.47. The van der Waals surface area contributed by atoms with Crippen molar-refractivity contribution in [2.45, 2.75) is 29.8 Å². The Bertz CT molecular complexity index is 1560. The van der Waals surface area contributed by atoms with Crippen LogP contribution in [0.25, 0.3) is 10.8 Å². The summed E-state index contributed by atoms with van der Waals surface area (Å²) in [5.74, 6) is -0.437. The number of nitrogens with zero attached hydrogens (tertiary/aromatic N) is 2. The lowest BCUT2D eigenvalue weighted by Gasteiger charge is -2.11. The number of benzene rings is 2. The molecule has 7 nitrogen and oxygen atoms in total. The molecule has 2 aromatic heterocycles. The van der Waals surface area contributed by atoms with Gasteiger partial charge in [-0.05, 0) is 65.3 Å². The fraction of sp³-hybridized carbons (Fsp3) is 0.192. The second-order valence-electron chi connectivity index (χ2n) is 8.85. The summed E-state index contributed by atoms with van der Waals surface area (Å²) in [6.45, 7) is 0. The molecule has 0 saturated heterocycles. The first-order valence-electron chi connectivity index (χ1n) is 11.4. The van der Waals surface area contributed by atoms with Crippen LogP contribution in [0.3, 0.4) is 0 Å². The lowest BCUT2D eigenvalue weighted by atomic mass is 10.0. The minimum absolute atomic E-state index is 0.0398. The van der Waals surface area contributed by atoms with Gasteiger partial charge < -0.3 is 5.32 Å². The Morgan fingerprint density at radius 2 is 1.81 bits per heavy atom. The van der Waals surface area contributed by atoms with Gasteiger partial charge in [-0.1, -0.05) is 24.3 Å². The number of carbonyl (C=O) groups excluding carboxylic acids is 1. The molecule has 1 unspecified atom stereocenters. The Kier molecular flexibility index (Phi) is 6.32. The van der Waals surface area contributed by atoms with Gasteiger partial charge in [0.2, 0.25) is 5.91 Å². The smallest absolute Gasteiger partial charge is 0.326 e. The van der Waals surface area contributed by atoms with Crippen LogP contribution >= 0.6 is 0 Å². The predicted molar refractivity (Wildman–Crippen MR) is 132 cm³/mol. The summed E-state index contributed by atoms with van der Waals surface area (Å²) in [7, 11) is -3.81. The zero-order chi connectivity index (χ0) is 26.2. The molecule has 4 aromatic rings. The molecule has 1 amide bonds. The summed E-state index contributed by atoms with van der Waals surface area (Å²) in [6.07, 6.45) is -0.749. The van der Waals surface area contributed by atoms with Crippen molar-refractivity contribution in [2.75, 3.05) is 10.0 Å². The molecule has 2 aromatic carbocycles.